The van der Waals surface area contributed by atoms with Crippen LogP contribution in [0, 0.1) is 19.8 Å². The van der Waals surface area contributed by atoms with Crippen LogP contribution in [-0.2, 0) is 9.59 Å². The van der Waals surface area contributed by atoms with E-state index in [-0.39, 0.29) is 24.2 Å². The highest BCUT2D eigenvalue weighted by molar-refractivity contribution is 6.34. The minimum absolute atomic E-state index is 0.0670. The van der Waals surface area contributed by atoms with Gasteiger partial charge in [-0.1, -0.05) is 23.7 Å². The minimum Gasteiger partial charge on any atom is -0.352 e. The molecule has 0 spiro atoms. The first kappa shape index (κ1) is 15.6. The number of nitrogens with zero attached hydrogens (tertiary/aromatic N) is 1. The Bertz CT molecular complexity index is 575. The Labute approximate surface area is 129 Å². The molecule has 1 aliphatic heterocycles. The van der Waals surface area contributed by atoms with Crippen molar-refractivity contribution in [3.63, 3.8) is 0 Å². The van der Waals surface area contributed by atoms with Crippen molar-refractivity contribution in [3.8, 4) is 0 Å². The molecule has 1 aromatic carbocycles. The van der Waals surface area contributed by atoms with E-state index in [2.05, 4.69) is 11.9 Å². The van der Waals surface area contributed by atoms with Gasteiger partial charge in [-0.05, 0) is 31.0 Å². The Hall–Kier alpha value is -1.81. The van der Waals surface area contributed by atoms with E-state index >= 15 is 0 Å². The van der Waals surface area contributed by atoms with E-state index < -0.39 is 0 Å². The summed E-state index contributed by atoms with van der Waals surface area (Å²) < 4.78 is 0. The number of carbonyl (C=O) groups is 2. The number of halogens is 1. The van der Waals surface area contributed by atoms with Crippen molar-refractivity contribution in [3.05, 3.63) is 40.9 Å². The minimum atomic E-state index is -0.339. The molecule has 0 saturated carbocycles. The molecule has 1 N–H and O–H groups in total. The second-order valence-electron chi connectivity index (χ2n) is 5.35. The summed E-state index contributed by atoms with van der Waals surface area (Å²) in [7, 11) is 0. The van der Waals surface area contributed by atoms with Crippen LogP contribution in [0.4, 0.5) is 5.69 Å². The number of hydrogen-bond donors (Lipinski definition) is 1. The summed E-state index contributed by atoms with van der Waals surface area (Å²) in [5.41, 5.74) is 2.71. The van der Waals surface area contributed by atoms with Crippen molar-refractivity contribution in [1.82, 2.24) is 5.32 Å². The van der Waals surface area contributed by atoms with Gasteiger partial charge in [0.1, 0.15) is 0 Å². The number of hydrogen-bond acceptors (Lipinski definition) is 2. The van der Waals surface area contributed by atoms with Gasteiger partial charge in [-0.3, -0.25) is 9.59 Å². The Kier molecular flexibility index (Phi) is 4.68. The lowest BCUT2D eigenvalue weighted by Crippen LogP contribution is -2.33. The molecule has 0 aliphatic carbocycles. The van der Waals surface area contributed by atoms with Gasteiger partial charge < -0.3 is 10.2 Å². The smallest absolute Gasteiger partial charge is 0.227 e. The van der Waals surface area contributed by atoms with E-state index in [1.807, 2.05) is 26.0 Å². The van der Waals surface area contributed by atoms with E-state index in [0.29, 0.717) is 23.8 Å². The zero-order valence-electron chi connectivity index (χ0n) is 12.3. The highest BCUT2D eigenvalue weighted by Crippen LogP contribution is 2.35. The monoisotopic (exact) mass is 306 g/mol. The standard InChI is InChI=1S/C16H19ClN2O2/c1-4-5-18-16(21)12-8-14(20)19(9-12)15-11(3)6-10(2)7-13(15)17/h4,6-7,12H,1,5,8-9H2,2-3H3,(H,18,21). The first-order chi connectivity index (χ1) is 9.93. The maximum absolute atomic E-state index is 12.2. The van der Waals surface area contributed by atoms with Crippen LogP contribution in [0.25, 0.3) is 0 Å². The molecular weight excluding hydrogens is 288 g/mol. The summed E-state index contributed by atoms with van der Waals surface area (Å²) in [5, 5.41) is 3.29. The zero-order valence-corrected chi connectivity index (χ0v) is 13.0. The van der Waals surface area contributed by atoms with Gasteiger partial charge in [0.25, 0.3) is 0 Å². The highest BCUT2D eigenvalue weighted by atomic mass is 35.5. The van der Waals surface area contributed by atoms with Crippen LogP contribution in [0.5, 0.6) is 0 Å². The summed E-state index contributed by atoms with van der Waals surface area (Å²) in [5.74, 6) is -0.525. The fourth-order valence-corrected chi connectivity index (χ4v) is 3.09. The number of rotatable bonds is 4. The van der Waals surface area contributed by atoms with Crippen molar-refractivity contribution in [2.45, 2.75) is 20.3 Å². The van der Waals surface area contributed by atoms with Crippen LogP contribution in [0.1, 0.15) is 17.5 Å². The molecule has 0 bridgehead atoms. The lowest BCUT2D eigenvalue weighted by molar-refractivity contribution is -0.126. The summed E-state index contributed by atoms with van der Waals surface area (Å²) in [6, 6.07) is 3.82. The first-order valence-corrected chi connectivity index (χ1v) is 7.27. The second-order valence-corrected chi connectivity index (χ2v) is 5.76. The lowest BCUT2D eigenvalue weighted by atomic mass is 10.1. The molecule has 1 aliphatic rings. The summed E-state index contributed by atoms with van der Waals surface area (Å²) in [6.07, 6.45) is 1.83. The number of benzene rings is 1. The van der Waals surface area contributed by atoms with Gasteiger partial charge in [-0.2, -0.15) is 0 Å². The number of nitrogens with one attached hydrogen (secondary N) is 1. The maximum Gasteiger partial charge on any atom is 0.227 e. The molecule has 1 fully saturated rings. The van der Waals surface area contributed by atoms with Crippen molar-refractivity contribution >= 4 is 29.1 Å². The molecule has 2 rings (SSSR count). The van der Waals surface area contributed by atoms with E-state index in [9.17, 15) is 9.59 Å². The molecule has 5 heteroatoms. The normalized spacial score (nSPS) is 18.0. The quantitative estimate of drug-likeness (QED) is 0.869. The average Bonchev–Trinajstić information content (AvgIpc) is 2.77. The van der Waals surface area contributed by atoms with Gasteiger partial charge in [0.2, 0.25) is 11.8 Å². The molecule has 1 aromatic rings. The lowest BCUT2D eigenvalue weighted by Gasteiger charge is -2.21. The van der Waals surface area contributed by atoms with Crippen LogP contribution in [0.3, 0.4) is 0 Å². The Balaban J connectivity index is 2.21. The molecule has 1 unspecified atom stereocenters. The Morgan fingerprint density at radius 1 is 1.52 bits per heavy atom. The van der Waals surface area contributed by atoms with E-state index in [0.717, 1.165) is 11.1 Å². The van der Waals surface area contributed by atoms with Crippen LogP contribution >= 0.6 is 11.6 Å². The van der Waals surface area contributed by atoms with Crippen LogP contribution in [0.15, 0.2) is 24.8 Å². The third kappa shape index (κ3) is 3.27. The second kappa shape index (κ2) is 6.31. The number of carbonyl (C=O) groups excluding carboxylic acids is 2. The molecule has 4 nitrogen and oxygen atoms in total. The fraction of sp³-hybridized carbons (Fsp3) is 0.375. The Morgan fingerprint density at radius 3 is 2.86 bits per heavy atom. The summed E-state index contributed by atoms with van der Waals surface area (Å²) >= 11 is 6.28. The molecular formula is C16H19ClN2O2. The van der Waals surface area contributed by atoms with Gasteiger partial charge in [0, 0.05) is 19.5 Å². The predicted octanol–water partition coefficient (Wildman–Crippen LogP) is 2.61. The highest BCUT2D eigenvalue weighted by Gasteiger charge is 2.36. The molecule has 112 valence electrons. The third-order valence-electron chi connectivity index (χ3n) is 3.58. The largest absolute Gasteiger partial charge is 0.352 e. The van der Waals surface area contributed by atoms with Crippen molar-refractivity contribution in [2.75, 3.05) is 18.0 Å². The van der Waals surface area contributed by atoms with Crippen LogP contribution in [0.2, 0.25) is 5.02 Å². The van der Waals surface area contributed by atoms with Crippen molar-refractivity contribution in [2.24, 2.45) is 5.92 Å². The molecule has 1 heterocycles. The molecule has 1 atom stereocenters. The summed E-state index contributed by atoms with van der Waals surface area (Å²) in [6.45, 7) is 8.22. The molecule has 0 aromatic heterocycles. The number of anilines is 1. The summed E-state index contributed by atoms with van der Waals surface area (Å²) in [4.78, 5) is 25.8. The maximum atomic E-state index is 12.2. The van der Waals surface area contributed by atoms with Gasteiger partial charge in [0.05, 0.1) is 16.6 Å². The van der Waals surface area contributed by atoms with Crippen molar-refractivity contribution < 1.29 is 9.59 Å². The zero-order chi connectivity index (χ0) is 15.6. The van der Waals surface area contributed by atoms with Gasteiger partial charge in [0.15, 0.2) is 0 Å². The molecule has 0 radical (unpaired) electrons. The molecule has 2 amide bonds. The average molecular weight is 307 g/mol. The van der Waals surface area contributed by atoms with Gasteiger partial charge in [-0.25, -0.2) is 0 Å². The van der Waals surface area contributed by atoms with Crippen LogP contribution < -0.4 is 10.2 Å². The SMILES string of the molecule is C=CCNC(=O)C1CC(=O)N(c2c(C)cc(C)cc2Cl)C1. The Morgan fingerprint density at radius 2 is 2.24 bits per heavy atom. The topological polar surface area (TPSA) is 49.4 Å². The first-order valence-electron chi connectivity index (χ1n) is 6.89. The predicted molar refractivity (Wildman–Crippen MR) is 84.6 cm³/mol. The number of aryl methyl sites for hydroxylation is 2. The van der Waals surface area contributed by atoms with Crippen LogP contribution in [-0.4, -0.2) is 24.9 Å². The van der Waals surface area contributed by atoms with Gasteiger partial charge in [-0.15, -0.1) is 6.58 Å². The van der Waals surface area contributed by atoms with E-state index in [1.165, 1.54) is 0 Å². The van der Waals surface area contributed by atoms with E-state index in [4.69, 9.17) is 11.6 Å². The number of amides is 2. The van der Waals surface area contributed by atoms with Gasteiger partial charge >= 0.3 is 0 Å². The van der Waals surface area contributed by atoms with Crippen molar-refractivity contribution in [1.29, 1.82) is 0 Å². The third-order valence-corrected chi connectivity index (χ3v) is 3.87. The molecule has 1 saturated heterocycles. The van der Waals surface area contributed by atoms with E-state index in [1.54, 1.807) is 11.0 Å². The molecule has 21 heavy (non-hydrogen) atoms. The fourth-order valence-electron chi connectivity index (χ4n) is 2.67.